The van der Waals surface area contributed by atoms with E-state index in [0.29, 0.717) is 16.4 Å². The van der Waals surface area contributed by atoms with Gasteiger partial charge in [-0.3, -0.25) is 4.79 Å². The fraction of sp³-hybridized carbons (Fsp3) is 0.0556. The lowest BCUT2D eigenvalue weighted by atomic mass is 10.1. The summed E-state index contributed by atoms with van der Waals surface area (Å²) in [5.74, 6) is 0.878. The Hall–Kier alpha value is -2.23. The number of ketones is 1. The van der Waals surface area contributed by atoms with Crippen LogP contribution in [0.25, 0.3) is 17.0 Å². The summed E-state index contributed by atoms with van der Waals surface area (Å²) in [5, 5.41) is 1.43. The fourth-order valence-electron chi connectivity index (χ4n) is 2.10. The predicted octanol–water partition coefficient (Wildman–Crippen LogP) is 5.41. The van der Waals surface area contributed by atoms with Crippen LogP contribution in [-0.2, 0) is 0 Å². The van der Waals surface area contributed by atoms with Crippen LogP contribution in [0.4, 0.5) is 0 Å². The second-order valence-corrected chi connectivity index (χ2v) is 5.20. The molecule has 23 heavy (non-hydrogen) atoms. The third-order valence-corrected chi connectivity index (χ3v) is 3.50. The Kier molecular flexibility index (Phi) is 5.48. The largest absolute Gasteiger partial charge is 0.497 e. The van der Waals surface area contributed by atoms with Gasteiger partial charge in [-0.05, 0) is 48.0 Å². The van der Waals surface area contributed by atoms with Gasteiger partial charge in [0.25, 0.3) is 0 Å². The summed E-state index contributed by atoms with van der Waals surface area (Å²) in [6, 6.07) is 14.4. The number of halogens is 2. The van der Waals surface area contributed by atoms with Gasteiger partial charge in [0.1, 0.15) is 11.3 Å². The first-order chi connectivity index (χ1) is 10.7. The van der Waals surface area contributed by atoms with Crippen molar-refractivity contribution in [2.75, 3.05) is 7.11 Å². The molecule has 0 aliphatic rings. The van der Waals surface area contributed by atoms with Gasteiger partial charge in [0.2, 0.25) is 5.78 Å². The van der Waals surface area contributed by atoms with Gasteiger partial charge < -0.3 is 9.15 Å². The van der Waals surface area contributed by atoms with Crippen LogP contribution in [0.2, 0.25) is 5.02 Å². The molecule has 0 radical (unpaired) electrons. The number of furan rings is 1. The van der Waals surface area contributed by atoms with Crippen molar-refractivity contribution in [3.8, 4) is 5.75 Å². The minimum absolute atomic E-state index is 0. The molecule has 0 aliphatic heterocycles. The van der Waals surface area contributed by atoms with E-state index in [4.69, 9.17) is 20.8 Å². The Labute approximate surface area is 144 Å². The number of rotatable bonds is 4. The van der Waals surface area contributed by atoms with Crippen LogP contribution in [0.1, 0.15) is 16.1 Å². The molecule has 3 nitrogen and oxygen atoms in total. The molecule has 5 heteroatoms. The Morgan fingerprint density at radius 3 is 2.57 bits per heavy atom. The highest BCUT2D eigenvalue weighted by Crippen LogP contribution is 2.23. The molecular formula is C18H14Cl2O3. The van der Waals surface area contributed by atoms with Gasteiger partial charge in [0, 0.05) is 10.4 Å². The van der Waals surface area contributed by atoms with Crippen LogP contribution in [0.15, 0.2) is 59.0 Å². The monoisotopic (exact) mass is 348 g/mol. The average Bonchev–Trinajstić information content (AvgIpc) is 2.96. The quantitative estimate of drug-likeness (QED) is 0.467. The first-order valence-corrected chi connectivity index (χ1v) is 7.09. The van der Waals surface area contributed by atoms with Gasteiger partial charge in [-0.1, -0.05) is 29.8 Å². The van der Waals surface area contributed by atoms with E-state index in [1.807, 2.05) is 24.3 Å². The molecule has 3 rings (SSSR count). The van der Waals surface area contributed by atoms with Gasteiger partial charge in [0.15, 0.2) is 5.76 Å². The zero-order valence-electron chi connectivity index (χ0n) is 12.3. The lowest BCUT2D eigenvalue weighted by molar-refractivity contribution is 0.102. The van der Waals surface area contributed by atoms with E-state index < -0.39 is 0 Å². The second kappa shape index (κ2) is 7.36. The van der Waals surface area contributed by atoms with E-state index in [0.717, 1.165) is 16.7 Å². The molecule has 1 heterocycles. The lowest BCUT2D eigenvalue weighted by Crippen LogP contribution is -1.90. The molecule has 0 unspecified atom stereocenters. The molecular weight excluding hydrogens is 335 g/mol. The third-order valence-electron chi connectivity index (χ3n) is 3.26. The number of allylic oxidation sites excluding steroid dienone is 1. The van der Waals surface area contributed by atoms with Gasteiger partial charge in [-0.25, -0.2) is 0 Å². The van der Waals surface area contributed by atoms with Crippen LogP contribution in [0, 0.1) is 0 Å². The number of hydrogen-bond donors (Lipinski definition) is 0. The van der Waals surface area contributed by atoms with E-state index in [9.17, 15) is 4.79 Å². The molecule has 0 spiro atoms. The molecule has 0 atom stereocenters. The van der Waals surface area contributed by atoms with Gasteiger partial charge in [-0.15, -0.1) is 12.4 Å². The van der Waals surface area contributed by atoms with Crippen molar-refractivity contribution < 1.29 is 13.9 Å². The number of carbonyl (C=O) groups is 1. The van der Waals surface area contributed by atoms with E-state index in [-0.39, 0.29) is 18.2 Å². The average molecular weight is 349 g/mol. The molecule has 118 valence electrons. The minimum atomic E-state index is -0.192. The summed E-state index contributed by atoms with van der Waals surface area (Å²) in [5.41, 5.74) is 1.55. The Balaban J connectivity index is 0.00000192. The van der Waals surface area contributed by atoms with Crippen LogP contribution >= 0.6 is 24.0 Å². The van der Waals surface area contributed by atoms with Gasteiger partial charge in [0.05, 0.1) is 7.11 Å². The summed E-state index contributed by atoms with van der Waals surface area (Å²) in [6.45, 7) is 0. The van der Waals surface area contributed by atoms with Crippen LogP contribution in [0.3, 0.4) is 0 Å². The van der Waals surface area contributed by atoms with E-state index in [2.05, 4.69) is 0 Å². The molecule has 2 aromatic carbocycles. The van der Waals surface area contributed by atoms with E-state index >= 15 is 0 Å². The smallest absolute Gasteiger partial charge is 0.221 e. The van der Waals surface area contributed by atoms with Crippen molar-refractivity contribution in [1.29, 1.82) is 0 Å². The molecule has 0 N–H and O–H groups in total. The Morgan fingerprint density at radius 2 is 1.87 bits per heavy atom. The summed E-state index contributed by atoms with van der Waals surface area (Å²) in [6.07, 6.45) is 3.23. The zero-order chi connectivity index (χ0) is 15.5. The highest BCUT2D eigenvalue weighted by Gasteiger charge is 2.09. The van der Waals surface area contributed by atoms with Crippen molar-refractivity contribution in [1.82, 2.24) is 0 Å². The summed E-state index contributed by atoms with van der Waals surface area (Å²) >= 11 is 5.92. The molecule has 3 aromatic rings. The van der Waals surface area contributed by atoms with Gasteiger partial charge in [-0.2, -0.15) is 0 Å². The number of ether oxygens (including phenoxy) is 1. The maximum absolute atomic E-state index is 12.2. The first-order valence-electron chi connectivity index (χ1n) is 6.71. The van der Waals surface area contributed by atoms with Crippen LogP contribution in [0.5, 0.6) is 5.75 Å². The summed E-state index contributed by atoms with van der Waals surface area (Å²) < 4.78 is 10.6. The topological polar surface area (TPSA) is 39.4 Å². The molecule has 0 saturated heterocycles. The normalized spacial score (nSPS) is 10.7. The standard InChI is InChI=1S/C18H13ClO3.ClH/c1-21-15-6-2-12(3-7-15)4-8-16(20)18-11-13-10-14(19)5-9-17(13)22-18;/h2-11H,1H3;1H/b8-4+;. The highest BCUT2D eigenvalue weighted by atomic mass is 35.5. The predicted molar refractivity (Wildman–Crippen MR) is 94.8 cm³/mol. The molecule has 0 bridgehead atoms. The fourth-order valence-corrected chi connectivity index (χ4v) is 2.29. The van der Waals surface area contributed by atoms with Crippen molar-refractivity contribution in [3.63, 3.8) is 0 Å². The van der Waals surface area contributed by atoms with E-state index in [1.54, 1.807) is 37.5 Å². The minimum Gasteiger partial charge on any atom is -0.497 e. The number of methoxy groups -OCH3 is 1. The number of hydrogen-bond acceptors (Lipinski definition) is 3. The second-order valence-electron chi connectivity index (χ2n) is 4.76. The van der Waals surface area contributed by atoms with Crippen molar-refractivity contribution in [2.24, 2.45) is 0 Å². The van der Waals surface area contributed by atoms with Gasteiger partial charge >= 0.3 is 0 Å². The molecule has 0 saturated carbocycles. The highest BCUT2D eigenvalue weighted by molar-refractivity contribution is 6.31. The maximum atomic E-state index is 12.2. The summed E-state index contributed by atoms with van der Waals surface area (Å²) in [4.78, 5) is 12.2. The number of carbonyl (C=O) groups excluding carboxylic acids is 1. The maximum Gasteiger partial charge on any atom is 0.221 e. The van der Waals surface area contributed by atoms with Crippen molar-refractivity contribution in [2.45, 2.75) is 0 Å². The molecule has 1 aromatic heterocycles. The number of benzene rings is 2. The third kappa shape index (κ3) is 3.95. The van der Waals surface area contributed by atoms with Crippen molar-refractivity contribution >= 4 is 46.8 Å². The van der Waals surface area contributed by atoms with Crippen LogP contribution in [-0.4, -0.2) is 12.9 Å². The molecule has 0 fully saturated rings. The van der Waals surface area contributed by atoms with E-state index in [1.165, 1.54) is 6.08 Å². The zero-order valence-corrected chi connectivity index (χ0v) is 13.9. The lowest BCUT2D eigenvalue weighted by Gasteiger charge is -1.98. The Morgan fingerprint density at radius 1 is 1.13 bits per heavy atom. The molecule has 0 amide bonds. The first kappa shape index (κ1) is 17.1. The summed E-state index contributed by atoms with van der Waals surface area (Å²) in [7, 11) is 1.61. The molecule has 0 aliphatic carbocycles. The van der Waals surface area contributed by atoms with Crippen LogP contribution < -0.4 is 4.74 Å². The Bertz CT molecular complexity index is 848. The SMILES string of the molecule is COc1ccc(/C=C/C(=O)c2cc3cc(Cl)ccc3o2)cc1.Cl. The van der Waals surface area contributed by atoms with Crippen molar-refractivity contribution in [3.05, 3.63) is 71.0 Å². The number of fused-ring (bicyclic) bond motifs is 1.